The molecule has 476 valence electrons. The molecule has 2 N–H and O–H groups in total. The number of amides is 1. The second-order valence-electron chi connectivity index (χ2n) is 25.0. The molecule has 0 aromatic rings. The highest BCUT2D eigenvalue weighted by atomic mass is 31.2. The minimum absolute atomic E-state index is 0.0410. The van der Waals surface area contributed by atoms with Crippen LogP contribution >= 0.6 is 7.82 Å². The van der Waals surface area contributed by atoms with E-state index in [-0.39, 0.29) is 25.1 Å². The van der Waals surface area contributed by atoms with E-state index in [1.165, 1.54) is 244 Å². The van der Waals surface area contributed by atoms with Gasteiger partial charge in [-0.05, 0) is 89.5 Å². The molecular weight excluding hydrogens is 1020 g/mol. The van der Waals surface area contributed by atoms with Gasteiger partial charge in [-0.2, -0.15) is 0 Å². The lowest BCUT2D eigenvalue weighted by Gasteiger charge is -2.27. The highest BCUT2D eigenvalue weighted by molar-refractivity contribution is 7.47. The maximum Gasteiger partial charge on any atom is 0.472 e. The van der Waals surface area contributed by atoms with Crippen LogP contribution in [0.1, 0.15) is 342 Å². The summed E-state index contributed by atoms with van der Waals surface area (Å²) in [7, 11) is 1.51. The zero-order valence-corrected chi connectivity index (χ0v) is 55.4. The van der Waals surface area contributed by atoms with Crippen LogP contribution in [-0.2, 0) is 27.9 Å². The fourth-order valence-corrected chi connectivity index (χ4v) is 11.1. The van der Waals surface area contributed by atoms with Crippen molar-refractivity contribution in [3.63, 3.8) is 0 Å². The molecule has 0 aromatic heterocycles. The van der Waals surface area contributed by atoms with Gasteiger partial charge in [0.25, 0.3) is 0 Å². The number of hydrogen-bond donors (Lipinski definition) is 2. The summed E-state index contributed by atoms with van der Waals surface area (Å²) in [5, 5.41) is 3.07. The number of likely N-dealkylation sites (N-methyl/N-ethyl adjacent to an activating group) is 1. The number of carbonyl (C=O) groups is 2. The number of hydrogen-bond acceptors (Lipinski definition) is 6. The van der Waals surface area contributed by atoms with Crippen LogP contribution in [0.2, 0.25) is 0 Å². The van der Waals surface area contributed by atoms with Gasteiger partial charge in [0.2, 0.25) is 5.91 Å². The average molecular weight is 1160 g/mol. The maximum atomic E-state index is 13.6. The van der Waals surface area contributed by atoms with E-state index in [4.69, 9.17) is 13.8 Å². The summed E-state index contributed by atoms with van der Waals surface area (Å²) in [4.78, 5) is 37.9. The zero-order chi connectivity index (χ0) is 59.3. The predicted octanol–water partition coefficient (Wildman–Crippen LogP) is 22.0. The quantitative estimate of drug-likeness (QED) is 0.0205. The van der Waals surface area contributed by atoms with Crippen molar-refractivity contribution in [2.45, 2.75) is 354 Å². The number of nitrogens with one attached hydrogen (secondary N) is 1. The van der Waals surface area contributed by atoms with Crippen molar-refractivity contribution in [3.05, 3.63) is 48.6 Å². The molecule has 9 nitrogen and oxygen atoms in total. The zero-order valence-electron chi connectivity index (χ0n) is 54.5. The van der Waals surface area contributed by atoms with Gasteiger partial charge in [0.05, 0.1) is 33.8 Å². The number of phosphoric acid groups is 1. The Morgan fingerprint density at radius 2 is 0.753 bits per heavy atom. The topological polar surface area (TPSA) is 111 Å². The summed E-state index contributed by atoms with van der Waals surface area (Å²) in [6.45, 7) is 7.03. The van der Waals surface area contributed by atoms with Crippen LogP contribution < -0.4 is 5.32 Å². The van der Waals surface area contributed by atoms with E-state index in [0.717, 1.165) is 64.2 Å². The molecule has 0 saturated carbocycles. The van der Waals surface area contributed by atoms with Gasteiger partial charge in [-0.15, -0.1) is 0 Å². The van der Waals surface area contributed by atoms with Crippen LogP contribution in [0.25, 0.3) is 0 Å². The van der Waals surface area contributed by atoms with Crippen molar-refractivity contribution in [2.75, 3.05) is 40.9 Å². The van der Waals surface area contributed by atoms with Crippen LogP contribution in [0.5, 0.6) is 0 Å². The van der Waals surface area contributed by atoms with Gasteiger partial charge in [-0.25, -0.2) is 4.57 Å². The molecule has 0 aliphatic carbocycles. The van der Waals surface area contributed by atoms with Gasteiger partial charge >= 0.3 is 13.8 Å². The lowest BCUT2D eigenvalue weighted by molar-refractivity contribution is -0.870. The third kappa shape index (κ3) is 62.3. The second-order valence-corrected chi connectivity index (χ2v) is 26.5. The minimum Gasteiger partial charge on any atom is -0.456 e. The van der Waals surface area contributed by atoms with E-state index in [1.807, 2.05) is 33.3 Å². The predicted molar refractivity (Wildman–Crippen MR) is 351 cm³/mol. The maximum absolute atomic E-state index is 13.6. The molecular formula is C71H136N2O7P+. The molecule has 0 aromatic carbocycles. The molecule has 0 aliphatic rings. The van der Waals surface area contributed by atoms with Crippen LogP contribution in [0.3, 0.4) is 0 Å². The molecule has 0 aliphatic heterocycles. The molecule has 0 heterocycles. The summed E-state index contributed by atoms with van der Waals surface area (Å²) in [6.07, 6.45) is 76.8. The number of ether oxygens (including phenoxy) is 1. The largest absolute Gasteiger partial charge is 0.472 e. The van der Waals surface area contributed by atoms with Gasteiger partial charge in [-0.1, -0.05) is 288 Å². The number of carbonyl (C=O) groups excluding carboxylic acids is 2. The summed E-state index contributed by atoms with van der Waals surface area (Å²) in [5.74, 6) is -0.493. The molecule has 0 rings (SSSR count). The molecule has 3 atom stereocenters. The molecule has 81 heavy (non-hydrogen) atoms. The fraction of sp³-hybridized carbons (Fsp3) is 0.859. The molecule has 0 spiro atoms. The van der Waals surface area contributed by atoms with Crippen LogP contribution in [0.15, 0.2) is 48.6 Å². The first-order valence-electron chi connectivity index (χ1n) is 35.0. The normalized spacial score (nSPS) is 13.8. The van der Waals surface area contributed by atoms with E-state index in [1.54, 1.807) is 0 Å². The first-order chi connectivity index (χ1) is 39.4. The molecule has 10 heteroatoms. The monoisotopic (exact) mass is 1160 g/mol. The Labute approximate surface area is 503 Å². The lowest BCUT2D eigenvalue weighted by Crippen LogP contribution is -2.47. The van der Waals surface area contributed by atoms with Gasteiger partial charge in [-0.3, -0.25) is 18.6 Å². The number of allylic oxidation sites excluding steroid dienone is 7. The standard InChI is InChI=1S/C71H135N2O7P/c1-7-10-13-16-19-22-25-28-30-32-34-35-36-37-39-41-43-46-49-52-55-58-61-64-71(75)80-69(62-59-56-53-50-47-44-27-24-21-18-15-12-9-3)68(67-79-81(76,77)78-66-65-73(4,5)6)72-70(74)63-60-57-54-51-48-45-42-40-38-33-31-29-26-23-20-17-14-11-8-2/h19,22,28-31,59,62,68-69H,7-18,20-21,23-27,32-58,60-61,63-67H2,1-6H3,(H-,72,74,76,77)/p+1/b22-19-,30-28-,31-29+,62-59+. The van der Waals surface area contributed by atoms with Crippen LogP contribution in [0.4, 0.5) is 0 Å². The van der Waals surface area contributed by atoms with Gasteiger partial charge in [0.15, 0.2) is 0 Å². The van der Waals surface area contributed by atoms with Gasteiger partial charge in [0, 0.05) is 12.8 Å². The Hall–Kier alpha value is -2.03. The molecule has 3 unspecified atom stereocenters. The smallest absolute Gasteiger partial charge is 0.456 e. The van der Waals surface area contributed by atoms with Gasteiger partial charge < -0.3 is 19.4 Å². The van der Waals surface area contributed by atoms with Crippen LogP contribution in [-0.4, -0.2) is 74.3 Å². The van der Waals surface area contributed by atoms with Gasteiger partial charge in [0.1, 0.15) is 19.3 Å². The van der Waals surface area contributed by atoms with Crippen molar-refractivity contribution < 1.29 is 37.3 Å². The minimum atomic E-state index is -4.45. The summed E-state index contributed by atoms with van der Waals surface area (Å²) >= 11 is 0. The third-order valence-electron chi connectivity index (χ3n) is 15.7. The molecule has 0 bridgehead atoms. The Morgan fingerprint density at radius 3 is 1.15 bits per heavy atom. The number of rotatable bonds is 64. The van der Waals surface area contributed by atoms with Crippen molar-refractivity contribution in [2.24, 2.45) is 0 Å². The first-order valence-corrected chi connectivity index (χ1v) is 36.5. The first kappa shape index (κ1) is 79.0. The third-order valence-corrected chi connectivity index (χ3v) is 16.7. The second kappa shape index (κ2) is 61.1. The fourth-order valence-electron chi connectivity index (χ4n) is 10.3. The number of phosphoric ester groups is 1. The lowest BCUT2D eigenvalue weighted by atomic mass is 10.0. The highest BCUT2D eigenvalue weighted by Gasteiger charge is 2.30. The highest BCUT2D eigenvalue weighted by Crippen LogP contribution is 2.43. The number of nitrogens with zero attached hydrogens (tertiary/aromatic N) is 1. The number of unbranched alkanes of at least 4 members (excludes halogenated alkanes) is 42. The van der Waals surface area contributed by atoms with Crippen molar-refractivity contribution in [1.82, 2.24) is 5.32 Å². The van der Waals surface area contributed by atoms with E-state index in [0.29, 0.717) is 23.9 Å². The van der Waals surface area contributed by atoms with E-state index < -0.39 is 20.0 Å². The van der Waals surface area contributed by atoms with Crippen LogP contribution in [0, 0.1) is 0 Å². The average Bonchev–Trinajstić information content (AvgIpc) is 3.44. The molecule has 0 radical (unpaired) electrons. The molecule has 1 amide bonds. The SMILES string of the molecule is CCCCC/C=C\C/C=C\CCCCCCCCCCCCCCCC(=O)OC(/C=C/CCCCCCCCCCCCC)C(COP(=O)(O)OCC[N+](C)(C)C)NC(=O)CCCCCCCCCCC/C=C/CCCCCCCC. The number of quaternary nitrogens is 1. The summed E-state index contributed by atoms with van der Waals surface area (Å²) in [6, 6.07) is -0.849. The van der Waals surface area contributed by atoms with Crippen molar-refractivity contribution >= 4 is 19.7 Å². The summed E-state index contributed by atoms with van der Waals surface area (Å²) < 4.78 is 30.8. The Morgan fingerprint density at radius 1 is 0.432 bits per heavy atom. The van der Waals surface area contributed by atoms with Crippen molar-refractivity contribution in [1.29, 1.82) is 0 Å². The Balaban J connectivity index is 5.12. The summed E-state index contributed by atoms with van der Waals surface area (Å²) in [5.41, 5.74) is 0. The Kier molecular flexibility index (Phi) is 59.5. The van der Waals surface area contributed by atoms with E-state index in [9.17, 15) is 19.0 Å². The van der Waals surface area contributed by atoms with Crippen molar-refractivity contribution in [3.8, 4) is 0 Å². The van der Waals surface area contributed by atoms with E-state index >= 15 is 0 Å². The molecule has 0 saturated heterocycles. The van der Waals surface area contributed by atoms with E-state index in [2.05, 4.69) is 62.5 Å². The molecule has 0 fully saturated rings. The Bertz CT molecular complexity index is 1520. The number of esters is 1.